The van der Waals surface area contributed by atoms with Gasteiger partial charge in [0.15, 0.2) is 6.10 Å². The highest BCUT2D eigenvalue weighted by atomic mass is 19.3. The van der Waals surface area contributed by atoms with Gasteiger partial charge in [-0.2, -0.15) is 4.73 Å². The summed E-state index contributed by atoms with van der Waals surface area (Å²) in [4.78, 5) is 8.88. The highest BCUT2D eigenvalue weighted by Gasteiger charge is 2.17. The number of hydrogen-bond acceptors (Lipinski definition) is 2. The molecule has 2 aromatic rings. The van der Waals surface area contributed by atoms with E-state index < -0.39 is 12.5 Å². The number of aromatic nitrogens is 2. The van der Waals surface area contributed by atoms with Crippen LogP contribution in [0.4, 0.5) is 8.78 Å². The molecule has 1 unspecified atom stereocenters. The lowest BCUT2D eigenvalue weighted by atomic mass is 10.3. The molecular formula is C10H9F2N2O. The van der Waals surface area contributed by atoms with Gasteiger partial charge in [-0.05, 0) is 19.1 Å². The fourth-order valence-corrected chi connectivity index (χ4v) is 1.18. The molecule has 0 N–H and O–H groups in total. The van der Waals surface area contributed by atoms with E-state index in [0.29, 0.717) is 11.0 Å². The molecule has 0 bridgehead atoms. The van der Waals surface area contributed by atoms with E-state index in [4.69, 9.17) is 4.84 Å². The number of fused-ring (bicyclic) bond motifs is 1. The van der Waals surface area contributed by atoms with Crippen LogP contribution >= 0.6 is 0 Å². The molecule has 1 heterocycles. The van der Waals surface area contributed by atoms with Crippen molar-refractivity contribution in [3.8, 4) is 0 Å². The maximum atomic E-state index is 12.2. The van der Waals surface area contributed by atoms with Gasteiger partial charge in [-0.25, -0.2) is 13.8 Å². The first-order valence-corrected chi connectivity index (χ1v) is 4.49. The molecule has 0 saturated carbocycles. The maximum absolute atomic E-state index is 12.2. The minimum absolute atomic E-state index is 0.630. The molecule has 0 saturated heterocycles. The molecule has 0 spiro atoms. The van der Waals surface area contributed by atoms with E-state index in [-0.39, 0.29) is 0 Å². The Kier molecular flexibility index (Phi) is 2.53. The standard InChI is InChI=1S/C10H9F2N2O/c1-7(10(11)12)15-14-6-13-8-4-2-3-5-9(8)14/h2-5,7,10H,1H3. The van der Waals surface area contributed by atoms with Crippen LogP contribution in [0.5, 0.6) is 0 Å². The third-order valence-corrected chi connectivity index (χ3v) is 1.99. The third-order valence-electron chi connectivity index (χ3n) is 1.99. The Morgan fingerprint density at radius 3 is 2.87 bits per heavy atom. The summed E-state index contributed by atoms with van der Waals surface area (Å²) in [5, 5.41) is 0. The zero-order valence-electron chi connectivity index (χ0n) is 8.02. The van der Waals surface area contributed by atoms with Crippen LogP contribution < -0.4 is 4.84 Å². The largest absolute Gasteiger partial charge is 0.403 e. The van der Waals surface area contributed by atoms with Crippen LogP contribution in [0, 0.1) is 6.33 Å². The van der Waals surface area contributed by atoms with Crippen LogP contribution in [-0.4, -0.2) is 22.2 Å². The number of imidazole rings is 1. The quantitative estimate of drug-likeness (QED) is 0.775. The highest BCUT2D eigenvalue weighted by molar-refractivity contribution is 5.74. The number of alkyl halides is 2. The van der Waals surface area contributed by atoms with E-state index in [9.17, 15) is 8.78 Å². The molecule has 1 atom stereocenters. The summed E-state index contributed by atoms with van der Waals surface area (Å²) < 4.78 is 25.6. The molecule has 0 aliphatic heterocycles. The lowest BCUT2D eigenvalue weighted by Gasteiger charge is -2.13. The second-order valence-electron chi connectivity index (χ2n) is 3.14. The molecule has 1 aromatic heterocycles. The Balaban J connectivity index is 2.29. The van der Waals surface area contributed by atoms with Gasteiger partial charge in [0.05, 0.1) is 5.52 Å². The molecular weight excluding hydrogens is 202 g/mol. The lowest BCUT2D eigenvalue weighted by Crippen LogP contribution is -2.28. The molecule has 79 valence electrons. The van der Waals surface area contributed by atoms with Gasteiger partial charge in [0.2, 0.25) is 6.33 Å². The van der Waals surface area contributed by atoms with E-state index >= 15 is 0 Å². The van der Waals surface area contributed by atoms with E-state index in [2.05, 4.69) is 11.3 Å². The molecule has 1 radical (unpaired) electrons. The Bertz CT molecular complexity index is 455. The van der Waals surface area contributed by atoms with Gasteiger partial charge in [-0.3, -0.25) is 0 Å². The van der Waals surface area contributed by atoms with Crippen LogP contribution in [0.1, 0.15) is 6.92 Å². The predicted octanol–water partition coefficient (Wildman–Crippen LogP) is 1.92. The van der Waals surface area contributed by atoms with Gasteiger partial charge in [0, 0.05) is 0 Å². The monoisotopic (exact) mass is 211 g/mol. The van der Waals surface area contributed by atoms with E-state index in [1.54, 1.807) is 18.2 Å². The van der Waals surface area contributed by atoms with Crippen molar-refractivity contribution in [2.45, 2.75) is 19.5 Å². The van der Waals surface area contributed by atoms with Crippen LogP contribution in [0.2, 0.25) is 0 Å². The number of nitrogens with zero attached hydrogens (tertiary/aromatic N) is 2. The molecule has 15 heavy (non-hydrogen) atoms. The molecule has 0 aliphatic carbocycles. The molecule has 0 aliphatic rings. The summed E-state index contributed by atoms with van der Waals surface area (Å²) in [5.74, 6) is 0. The summed E-state index contributed by atoms with van der Waals surface area (Å²) in [6, 6.07) is 7.09. The first-order chi connectivity index (χ1) is 7.18. The van der Waals surface area contributed by atoms with Crippen molar-refractivity contribution in [1.29, 1.82) is 0 Å². The fraction of sp³-hybridized carbons (Fsp3) is 0.300. The van der Waals surface area contributed by atoms with Gasteiger partial charge in [0.1, 0.15) is 5.52 Å². The van der Waals surface area contributed by atoms with Crippen molar-refractivity contribution < 1.29 is 13.6 Å². The summed E-state index contributed by atoms with van der Waals surface area (Å²) in [6.07, 6.45) is -1.20. The van der Waals surface area contributed by atoms with Gasteiger partial charge in [0.25, 0.3) is 6.43 Å². The van der Waals surface area contributed by atoms with Crippen molar-refractivity contribution in [1.82, 2.24) is 9.71 Å². The summed E-state index contributed by atoms with van der Waals surface area (Å²) >= 11 is 0. The number of hydrogen-bond donors (Lipinski definition) is 0. The first-order valence-electron chi connectivity index (χ1n) is 4.49. The third kappa shape index (κ3) is 1.91. The average Bonchev–Trinajstić information content (AvgIpc) is 2.62. The Morgan fingerprint density at radius 1 is 1.40 bits per heavy atom. The van der Waals surface area contributed by atoms with Gasteiger partial charge in [-0.1, -0.05) is 12.1 Å². The summed E-state index contributed by atoms with van der Waals surface area (Å²) in [5.41, 5.74) is 1.30. The van der Waals surface area contributed by atoms with Gasteiger partial charge >= 0.3 is 0 Å². The van der Waals surface area contributed by atoms with E-state index in [1.807, 2.05) is 6.07 Å². The maximum Gasteiger partial charge on any atom is 0.277 e. The van der Waals surface area contributed by atoms with Crippen LogP contribution in [0.15, 0.2) is 24.3 Å². The molecule has 0 amide bonds. The van der Waals surface area contributed by atoms with Crippen molar-refractivity contribution in [2.75, 3.05) is 0 Å². The van der Waals surface area contributed by atoms with Crippen molar-refractivity contribution >= 4 is 11.0 Å². The second-order valence-corrected chi connectivity index (χ2v) is 3.14. The van der Waals surface area contributed by atoms with E-state index in [1.165, 1.54) is 6.92 Å². The van der Waals surface area contributed by atoms with E-state index in [0.717, 1.165) is 4.73 Å². The minimum atomic E-state index is -2.53. The Labute approximate surface area is 85.2 Å². The number of rotatable bonds is 3. The topological polar surface area (TPSA) is 27.1 Å². The van der Waals surface area contributed by atoms with Crippen LogP contribution in [0.25, 0.3) is 11.0 Å². The normalized spacial score (nSPS) is 13.3. The number of halogens is 2. The van der Waals surface area contributed by atoms with Crippen molar-refractivity contribution in [3.05, 3.63) is 30.6 Å². The second kappa shape index (κ2) is 3.84. The van der Waals surface area contributed by atoms with Crippen molar-refractivity contribution in [3.63, 3.8) is 0 Å². The predicted molar refractivity (Wildman–Crippen MR) is 50.6 cm³/mol. The van der Waals surface area contributed by atoms with Crippen LogP contribution in [0.3, 0.4) is 0 Å². The molecule has 0 fully saturated rings. The molecule has 5 heteroatoms. The molecule has 1 aromatic carbocycles. The minimum Gasteiger partial charge on any atom is -0.403 e. The summed E-state index contributed by atoms with van der Waals surface area (Å²) in [6.45, 7) is 1.30. The number of benzene rings is 1. The molecule has 3 nitrogen and oxygen atoms in total. The zero-order chi connectivity index (χ0) is 10.8. The van der Waals surface area contributed by atoms with Crippen LogP contribution in [-0.2, 0) is 0 Å². The molecule has 2 rings (SSSR count). The smallest absolute Gasteiger partial charge is 0.277 e. The zero-order valence-corrected chi connectivity index (χ0v) is 8.02. The lowest BCUT2D eigenvalue weighted by molar-refractivity contribution is -0.0482. The first kappa shape index (κ1) is 9.89. The Hall–Kier alpha value is -1.65. The SMILES string of the molecule is CC(On1[c]nc2ccccc21)C(F)F. The van der Waals surface area contributed by atoms with Gasteiger partial charge in [-0.15, -0.1) is 0 Å². The highest BCUT2D eigenvalue weighted by Crippen LogP contribution is 2.11. The number of para-hydroxylation sites is 2. The Morgan fingerprint density at radius 2 is 2.13 bits per heavy atom. The average molecular weight is 211 g/mol. The fourth-order valence-electron chi connectivity index (χ4n) is 1.18. The summed E-state index contributed by atoms with van der Waals surface area (Å²) in [7, 11) is 0. The van der Waals surface area contributed by atoms with Gasteiger partial charge < -0.3 is 4.84 Å². The van der Waals surface area contributed by atoms with Crippen molar-refractivity contribution in [2.24, 2.45) is 0 Å².